The van der Waals surface area contributed by atoms with Crippen molar-refractivity contribution in [2.45, 2.75) is 45.4 Å². The predicted molar refractivity (Wildman–Crippen MR) is 72.6 cm³/mol. The van der Waals surface area contributed by atoms with E-state index in [0.29, 0.717) is 0 Å². The van der Waals surface area contributed by atoms with Crippen molar-refractivity contribution in [3.05, 3.63) is 29.3 Å². The molecule has 0 heterocycles. The molecule has 0 bridgehead atoms. The second-order valence-corrected chi connectivity index (χ2v) is 5.44. The Labute approximate surface area is 110 Å². The van der Waals surface area contributed by atoms with Crippen LogP contribution in [0, 0.1) is 23.7 Å². The van der Waals surface area contributed by atoms with E-state index in [1.807, 2.05) is 6.07 Å². The van der Waals surface area contributed by atoms with Crippen molar-refractivity contribution in [1.29, 1.82) is 5.26 Å². The Kier molecular flexibility index (Phi) is 3.91. The maximum atomic E-state index is 9.54. The van der Waals surface area contributed by atoms with E-state index >= 15 is 0 Å². The van der Waals surface area contributed by atoms with Crippen LogP contribution in [0.3, 0.4) is 0 Å². The molecule has 0 saturated heterocycles. The van der Waals surface area contributed by atoms with Crippen molar-refractivity contribution >= 4 is 0 Å². The molecule has 18 heavy (non-hydrogen) atoms. The number of aryl methyl sites for hydroxylation is 1. The molecular formula is C16H21NO. The molecule has 2 heteroatoms. The zero-order valence-electron chi connectivity index (χ0n) is 11.3. The van der Waals surface area contributed by atoms with Crippen LogP contribution in [0.25, 0.3) is 0 Å². The van der Waals surface area contributed by atoms with Gasteiger partial charge in [-0.2, -0.15) is 5.26 Å². The molecule has 0 spiro atoms. The average molecular weight is 243 g/mol. The van der Waals surface area contributed by atoms with Gasteiger partial charge in [0.2, 0.25) is 0 Å². The highest BCUT2D eigenvalue weighted by Crippen LogP contribution is 2.40. The molecule has 1 fully saturated rings. The lowest BCUT2D eigenvalue weighted by molar-refractivity contribution is 0.262. The molecular weight excluding hydrogens is 222 g/mol. The third kappa shape index (κ3) is 2.67. The first-order valence-electron chi connectivity index (χ1n) is 6.74. The van der Waals surface area contributed by atoms with Crippen molar-refractivity contribution in [2.24, 2.45) is 5.41 Å². The molecule has 1 aliphatic carbocycles. The van der Waals surface area contributed by atoms with Crippen molar-refractivity contribution in [1.82, 2.24) is 0 Å². The first-order chi connectivity index (χ1) is 8.69. The highest BCUT2D eigenvalue weighted by molar-refractivity contribution is 5.38. The van der Waals surface area contributed by atoms with Gasteiger partial charge in [-0.3, -0.25) is 0 Å². The van der Waals surface area contributed by atoms with Gasteiger partial charge in [-0.25, -0.2) is 0 Å². The Hall–Kier alpha value is -1.49. The first-order valence-corrected chi connectivity index (χ1v) is 6.74. The lowest BCUT2D eigenvalue weighted by Crippen LogP contribution is -2.25. The molecule has 2 rings (SSSR count). The average Bonchev–Trinajstić information content (AvgIpc) is 2.40. The number of rotatable bonds is 3. The number of nitriles is 1. The molecule has 1 saturated carbocycles. The highest BCUT2D eigenvalue weighted by atomic mass is 16.5. The summed E-state index contributed by atoms with van der Waals surface area (Å²) in [5.74, 6) is 0.917. The van der Waals surface area contributed by atoms with Crippen molar-refractivity contribution in [3.8, 4) is 11.8 Å². The summed E-state index contributed by atoms with van der Waals surface area (Å²) in [4.78, 5) is 0. The molecule has 0 N–H and O–H groups in total. The molecule has 96 valence electrons. The van der Waals surface area contributed by atoms with Gasteiger partial charge in [0.1, 0.15) is 5.75 Å². The van der Waals surface area contributed by atoms with Crippen LogP contribution < -0.4 is 4.74 Å². The van der Waals surface area contributed by atoms with Crippen molar-refractivity contribution < 1.29 is 4.74 Å². The summed E-state index contributed by atoms with van der Waals surface area (Å²) in [6, 6.07) is 8.81. The molecule has 0 atom stereocenters. The summed E-state index contributed by atoms with van der Waals surface area (Å²) in [5.41, 5.74) is 2.25. The van der Waals surface area contributed by atoms with Crippen LogP contribution in [-0.4, -0.2) is 7.11 Å². The summed E-state index contributed by atoms with van der Waals surface area (Å²) in [6.07, 6.45) is 6.52. The fourth-order valence-corrected chi connectivity index (χ4v) is 2.97. The summed E-state index contributed by atoms with van der Waals surface area (Å²) in [5, 5.41) is 9.54. The second kappa shape index (κ2) is 5.44. The van der Waals surface area contributed by atoms with Crippen molar-refractivity contribution in [3.63, 3.8) is 0 Å². The molecule has 1 aromatic rings. The Morgan fingerprint density at radius 3 is 2.61 bits per heavy atom. The van der Waals surface area contributed by atoms with Gasteiger partial charge in [0.05, 0.1) is 18.6 Å². The van der Waals surface area contributed by atoms with Crippen molar-refractivity contribution in [2.75, 3.05) is 7.11 Å². The normalized spacial score (nSPS) is 18.1. The Balaban J connectivity index is 2.26. The number of hydrogen-bond donors (Lipinski definition) is 0. The highest BCUT2D eigenvalue weighted by Gasteiger charge is 2.33. The molecule has 0 unspecified atom stereocenters. The van der Waals surface area contributed by atoms with Gasteiger partial charge in [-0.15, -0.1) is 0 Å². The number of hydrogen-bond acceptors (Lipinski definition) is 2. The minimum absolute atomic E-state index is 0.167. The number of nitrogens with zero attached hydrogens (tertiary/aromatic N) is 1. The van der Waals surface area contributed by atoms with Crippen LogP contribution in [0.5, 0.6) is 5.75 Å². The monoisotopic (exact) mass is 243 g/mol. The number of ether oxygens (including phenoxy) is 1. The zero-order valence-corrected chi connectivity index (χ0v) is 11.3. The van der Waals surface area contributed by atoms with Gasteiger partial charge in [0.25, 0.3) is 0 Å². The maximum absolute atomic E-state index is 9.54. The van der Waals surface area contributed by atoms with Crippen LogP contribution in [0.4, 0.5) is 0 Å². The van der Waals surface area contributed by atoms with Gasteiger partial charge in [-0.05, 0) is 37.8 Å². The zero-order chi connectivity index (χ0) is 13.0. The van der Waals surface area contributed by atoms with E-state index < -0.39 is 0 Å². The van der Waals surface area contributed by atoms with E-state index in [1.54, 1.807) is 7.11 Å². The molecule has 0 radical (unpaired) electrons. The molecule has 0 aliphatic heterocycles. The van der Waals surface area contributed by atoms with Gasteiger partial charge in [0, 0.05) is 0 Å². The maximum Gasteiger partial charge on any atom is 0.122 e. The van der Waals surface area contributed by atoms with Gasteiger partial charge in [-0.1, -0.05) is 37.0 Å². The van der Waals surface area contributed by atoms with Crippen LogP contribution in [-0.2, 0) is 6.42 Å². The van der Waals surface area contributed by atoms with Crippen LogP contribution >= 0.6 is 0 Å². The fourth-order valence-electron chi connectivity index (χ4n) is 2.97. The SMILES string of the molecule is COc1ccc(C)cc1CC1(C#N)CCCCC1. The minimum atomic E-state index is -0.167. The number of benzene rings is 1. The van der Waals surface area contributed by atoms with Crippen LogP contribution in [0.15, 0.2) is 18.2 Å². The first kappa shape index (κ1) is 13.0. The fraction of sp³-hybridized carbons (Fsp3) is 0.562. The van der Waals surface area contributed by atoms with Crippen LogP contribution in [0.2, 0.25) is 0 Å². The second-order valence-electron chi connectivity index (χ2n) is 5.44. The Bertz CT molecular complexity index is 453. The topological polar surface area (TPSA) is 33.0 Å². The third-order valence-electron chi connectivity index (χ3n) is 4.01. The van der Waals surface area contributed by atoms with E-state index in [0.717, 1.165) is 25.0 Å². The number of methoxy groups -OCH3 is 1. The van der Waals surface area contributed by atoms with Crippen LogP contribution in [0.1, 0.15) is 43.2 Å². The van der Waals surface area contributed by atoms with E-state index in [9.17, 15) is 5.26 Å². The van der Waals surface area contributed by atoms with E-state index in [-0.39, 0.29) is 5.41 Å². The smallest absolute Gasteiger partial charge is 0.122 e. The lowest BCUT2D eigenvalue weighted by Gasteiger charge is -2.31. The molecule has 2 nitrogen and oxygen atoms in total. The molecule has 1 aliphatic rings. The quantitative estimate of drug-likeness (QED) is 0.803. The molecule has 0 amide bonds. The summed E-state index contributed by atoms with van der Waals surface area (Å²) < 4.78 is 5.42. The van der Waals surface area contributed by atoms with Gasteiger partial charge < -0.3 is 4.74 Å². The largest absolute Gasteiger partial charge is 0.496 e. The molecule has 0 aromatic heterocycles. The molecule has 1 aromatic carbocycles. The van der Waals surface area contributed by atoms with E-state index in [1.165, 1.54) is 30.4 Å². The third-order valence-corrected chi connectivity index (χ3v) is 4.01. The van der Waals surface area contributed by atoms with Gasteiger partial charge >= 0.3 is 0 Å². The summed E-state index contributed by atoms with van der Waals surface area (Å²) >= 11 is 0. The minimum Gasteiger partial charge on any atom is -0.496 e. The van der Waals surface area contributed by atoms with E-state index in [2.05, 4.69) is 25.1 Å². The van der Waals surface area contributed by atoms with Gasteiger partial charge in [0.15, 0.2) is 0 Å². The van der Waals surface area contributed by atoms with E-state index in [4.69, 9.17) is 4.74 Å². The predicted octanol–water partition coefficient (Wildman–Crippen LogP) is 4.02. The summed E-state index contributed by atoms with van der Waals surface area (Å²) in [7, 11) is 1.70. The summed E-state index contributed by atoms with van der Waals surface area (Å²) in [6.45, 7) is 2.09. The lowest BCUT2D eigenvalue weighted by atomic mass is 9.71. The Morgan fingerprint density at radius 2 is 2.00 bits per heavy atom. The Morgan fingerprint density at radius 1 is 1.28 bits per heavy atom. The standard InChI is InChI=1S/C16H21NO/c1-13-6-7-15(18-2)14(10-13)11-16(12-17)8-4-3-5-9-16/h6-7,10H,3-5,8-9,11H2,1-2H3.